The van der Waals surface area contributed by atoms with E-state index in [0.29, 0.717) is 5.70 Å². The zero-order valence-electron chi connectivity index (χ0n) is 16.8. The van der Waals surface area contributed by atoms with Crippen molar-refractivity contribution in [2.75, 3.05) is 0 Å². The highest BCUT2D eigenvalue weighted by Gasteiger charge is 2.33. The fourth-order valence-corrected chi connectivity index (χ4v) is 3.65. The van der Waals surface area contributed by atoms with Gasteiger partial charge in [0.05, 0.1) is 6.54 Å². The fourth-order valence-electron chi connectivity index (χ4n) is 3.65. The van der Waals surface area contributed by atoms with Gasteiger partial charge in [0.1, 0.15) is 5.70 Å². The van der Waals surface area contributed by atoms with Crippen molar-refractivity contribution in [3.8, 4) is 5.69 Å². The Labute approximate surface area is 170 Å². The highest BCUT2D eigenvalue weighted by atomic mass is 16.2. The minimum atomic E-state index is -0.390. The molecular formula is C24H23N3O2. The quantitative estimate of drug-likeness (QED) is 0.531. The summed E-state index contributed by atoms with van der Waals surface area (Å²) >= 11 is 0. The fraction of sp³-hybridized carbons (Fsp3) is 0.167. The van der Waals surface area contributed by atoms with Gasteiger partial charge >= 0.3 is 6.03 Å². The first kappa shape index (κ1) is 18.7. The number of amides is 3. The molecule has 0 spiro atoms. The van der Waals surface area contributed by atoms with Crippen LogP contribution in [0.4, 0.5) is 4.79 Å². The van der Waals surface area contributed by atoms with Gasteiger partial charge in [-0.1, -0.05) is 48.0 Å². The van der Waals surface area contributed by atoms with E-state index < -0.39 is 6.03 Å². The predicted octanol–water partition coefficient (Wildman–Crippen LogP) is 4.50. The van der Waals surface area contributed by atoms with Crippen LogP contribution in [0.1, 0.15) is 28.1 Å². The normalized spacial score (nSPS) is 15.3. The number of carbonyl (C=O) groups is 2. The van der Waals surface area contributed by atoms with Crippen LogP contribution in [-0.4, -0.2) is 21.4 Å². The maximum Gasteiger partial charge on any atom is 0.329 e. The largest absolute Gasteiger partial charge is 0.329 e. The van der Waals surface area contributed by atoms with Gasteiger partial charge in [0.25, 0.3) is 5.91 Å². The zero-order chi connectivity index (χ0) is 20.5. The topological polar surface area (TPSA) is 54.3 Å². The number of urea groups is 1. The lowest BCUT2D eigenvalue weighted by Crippen LogP contribution is -2.30. The Bertz CT molecular complexity index is 1110. The molecule has 2 heterocycles. The van der Waals surface area contributed by atoms with Crippen LogP contribution < -0.4 is 5.32 Å². The van der Waals surface area contributed by atoms with Crippen molar-refractivity contribution in [3.05, 3.63) is 94.4 Å². The lowest BCUT2D eigenvalue weighted by atomic mass is 10.1. The number of hydrogen-bond acceptors (Lipinski definition) is 2. The van der Waals surface area contributed by atoms with Crippen molar-refractivity contribution in [2.45, 2.75) is 27.3 Å². The van der Waals surface area contributed by atoms with Gasteiger partial charge in [0.2, 0.25) is 0 Å². The molecule has 0 unspecified atom stereocenters. The van der Waals surface area contributed by atoms with Crippen LogP contribution in [0.2, 0.25) is 0 Å². The van der Waals surface area contributed by atoms with Crippen molar-refractivity contribution in [1.82, 2.24) is 14.8 Å². The molecule has 4 rings (SSSR count). The van der Waals surface area contributed by atoms with Gasteiger partial charge in [-0.05, 0) is 56.2 Å². The van der Waals surface area contributed by atoms with E-state index in [9.17, 15) is 9.59 Å². The molecule has 1 aromatic heterocycles. The Morgan fingerprint density at radius 1 is 0.931 bits per heavy atom. The molecule has 0 aliphatic carbocycles. The van der Waals surface area contributed by atoms with Crippen molar-refractivity contribution >= 4 is 18.0 Å². The standard InChI is InChI=1S/C24H23N3O2/c1-16-9-11-19(12-10-16)15-26-23(28)22(25-24(26)29)14-20-13-17(2)27(18(20)3)21-7-5-4-6-8-21/h4-14H,15H2,1-3H3,(H,25,29)/b22-14-. The molecule has 1 saturated heterocycles. The molecule has 3 amide bonds. The van der Waals surface area contributed by atoms with E-state index in [1.165, 1.54) is 4.90 Å². The zero-order valence-corrected chi connectivity index (χ0v) is 16.8. The Morgan fingerprint density at radius 2 is 1.62 bits per heavy atom. The van der Waals surface area contributed by atoms with Crippen molar-refractivity contribution < 1.29 is 9.59 Å². The van der Waals surface area contributed by atoms with Crippen LogP contribution in [0.3, 0.4) is 0 Å². The van der Waals surface area contributed by atoms with Crippen LogP contribution in [0.5, 0.6) is 0 Å². The summed E-state index contributed by atoms with van der Waals surface area (Å²) in [5.41, 5.74) is 6.41. The van der Waals surface area contributed by atoms with E-state index in [1.807, 2.05) is 81.4 Å². The first-order valence-corrected chi connectivity index (χ1v) is 9.58. The van der Waals surface area contributed by atoms with Gasteiger partial charge in [-0.25, -0.2) is 4.79 Å². The molecule has 5 nitrogen and oxygen atoms in total. The van der Waals surface area contributed by atoms with Gasteiger partial charge < -0.3 is 9.88 Å². The number of hydrogen-bond donors (Lipinski definition) is 1. The molecule has 146 valence electrons. The molecule has 0 radical (unpaired) electrons. The van der Waals surface area contributed by atoms with E-state index >= 15 is 0 Å². The third-order valence-electron chi connectivity index (χ3n) is 5.21. The second-order valence-electron chi connectivity index (χ2n) is 7.36. The average Bonchev–Trinajstić information content (AvgIpc) is 3.14. The summed E-state index contributed by atoms with van der Waals surface area (Å²) in [5.74, 6) is -0.305. The van der Waals surface area contributed by atoms with E-state index in [0.717, 1.165) is 33.8 Å². The van der Waals surface area contributed by atoms with Crippen LogP contribution in [0.15, 0.2) is 66.4 Å². The van der Waals surface area contributed by atoms with Crippen LogP contribution >= 0.6 is 0 Å². The lowest BCUT2D eigenvalue weighted by Gasteiger charge is -2.11. The SMILES string of the molecule is Cc1ccc(CN2C(=O)N/C(=C\c3cc(C)n(-c4ccccc4)c3C)C2=O)cc1. The highest BCUT2D eigenvalue weighted by Crippen LogP contribution is 2.24. The van der Waals surface area contributed by atoms with Crippen molar-refractivity contribution in [3.63, 3.8) is 0 Å². The summed E-state index contributed by atoms with van der Waals surface area (Å²) in [5, 5.41) is 2.72. The number of rotatable bonds is 4. The van der Waals surface area contributed by atoms with Crippen molar-refractivity contribution in [1.29, 1.82) is 0 Å². The molecule has 0 saturated carbocycles. The Balaban J connectivity index is 1.62. The first-order chi connectivity index (χ1) is 13.9. The monoisotopic (exact) mass is 385 g/mol. The number of carbonyl (C=O) groups excluding carboxylic acids is 2. The maximum atomic E-state index is 12.8. The predicted molar refractivity (Wildman–Crippen MR) is 113 cm³/mol. The number of imide groups is 1. The molecule has 3 aromatic rings. The minimum absolute atomic E-state index is 0.255. The second-order valence-corrected chi connectivity index (χ2v) is 7.36. The maximum absolute atomic E-state index is 12.8. The Hall–Kier alpha value is -3.60. The number of nitrogens with zero attached hydrogens (tertiary/aromatic N) is 2. The molecule has 0 atom stereocenters. The van der Waals surface area contributed by atoms with E-state index in [1.54, 1.807) is 6.08 Å². The molecule has 2 aromatic carbocycles. The number of aromatic nitrogens is 1. The molecule has 1 aliphatic rings. The molecule has 0 bridgehead atoms. The molecule has 1 aliphatic heterocycles. The van der Waals surface area contributed by atoms with Gasteiger partial charge in [0, 0.05) is 17.1 Å². The summed E-state index contributed by atoms with van der Waals surface area (Å²) in [6, 6.07) is 19.5. The molecule has 1 fully saturated rings. The highest BCUT2D eigenvalue weighted by molar-refractivity contribution is 6.13. The molecule has 29 heavy (non-hydrogen) atoms. The van der Waals surface area contributed by atoms with E-state index in [-0.39, 0.29) is 12.5 Å². The number of para-hydroxylation sites is 1. The van der Waals surface area contributed by atoms with Crippen LogP contribution in [0.25, 0.3) is 11.8 Å². The summed E-state index contributed by atoms with van der Waals surface area (Å²) < 4.78 is 2.14. The number of benzene rings is 2. The Morgan fingerprint density at radius 3 is 2.31 bits per heavy atom. The Kier molecular flexibility index (Phi) is 4.80. The smallest absolute Gasteiger partial charge is 0.318 e. The minimum Gasteiger partial charge on any atom is -0.318 e. The van der Waals surface area contributed by atoms with Gasteiger partial charge in [0.15, 0.2) is 0 Å². The summed E-state index contributed by atoms with van der Waals surface area (Å²) in [4.78, 5) is 26.5. The molecule has 5 heteroatoms. The second kappa shape index (κ2) is 7.43. The van der Waals surface area contributed by atoms with Crippen molar-refractivity contribution in [2.24, 2.45) is 0 Å². The lowest BCUT2D eigenvalue weighted by molar-refractivity contribution is -0.123. The van der Waals surface area contributed by atoms with Gasteiger partial charge in [-0.15, -0.1) is 0 Å². The van der Waals surface area contributed by atoms with Crippen LogP contribution in [-0.2, 0) is 11.3 Å². The first-order valence-electron chi connectivity index (χ1n) is 9.58. The van der Waals surface area contributed by atoms with E-state index in [4.69, 9.17) is 0 Å². The summed E-state index contributed by atoms with van der Waals surface area (Å²) in [6.45, 7) is 6.30. The third kappa shape index (κ3) is 3.59. The number of nitrogens with one attached hydrogen (secondary N) is 1. The molecular weight excluding hydrogens is 362 g/mol. The van der Waals surface area contributed by atoms with Crippen LogP contribution in [0, 0.1) is 20.8 Å². The molecule has 1 N–H and O–H groups in total. The van der Waals surface area contributed by atoms with Gasteiger partial charge in [-0.3, -0.25) is 9.69 Å². The van der Waals surface area contributed by atoms with E-state index in [2.05, 4.69) is 9.88 Å². The third-order valence-corrected chi connectivity index (χ3v) is 5.21. The summed E-state index contributed by atoms with van der Waals surface area (Å²) in [7, 11) is 0. The number of aryl methyl sites for hydroxylation is 2. The summed E-state index contributed by atoms with van der Waals surface area (Å²) in [6.07, 6.45) is 1.76. The van der Waals surface area contributed by atoms with Gasteiger partial charge in [-0.2, -0.15) is 0 Å². The average molecular weight is 385 g/mol.